The molecular formula is C19H19N3O3. The lowest BCUT2D eigenvalue weighted by molar-refractivity contribution is -0.117. The zero-order valence-electron chi connectivity index (χ0n) is 13.8. The molecule has 0 unspecified atom stereocenters. The molecule has 3 N–H and O–H groups in total. The Hall–Kier alpha value is -3.46. The van der Waals surface area contributed by atoms with Crippen LogP contribution in [-0.4, -0.2) is 24.7 Å². The number of aromatic hydroxyl groups is 1. The van der Waals surface area contributed by atoms with Gasteiger partial charge in [0.15, 0.2) is 0 Å². The zero-order valence-corrected chi connectivity index (χ0v) is 13.8. The maximum atomic E-state index is 12.0. The number of phenols is 1. The molecule has 0 fully saturated rings. The van der Waals surface area contributed by atoms with Gasteiger partial charge in [-0.1, -0.05) is 18.2 Å². The molecule has 0 radical (unpaired) electrons. The minimum Gasteiger partial charge on any atom is -0.508 e. The van der Waals surface area contributed by atoms with Gasteiger partial charge in [0.25, 0.3) is 5.91 Å². The molecule has 6 nitrogen and oxygen atoms in total. The average molecular weight is 337 g/mol. The number of hydrogen-bond donors (Lipinski definition) is 3. The van der Waals surface area contributed by atoms with Crippen LogP contribution in [0.3, 0.4) is 0 Å². The fourth-order valence-electron chi connectivity index (χ4n) is 2.11. The van der Waals surface area contributed by atoms with Crippen LogP contribution in [0.4, 0.5) is 5.69 Å². The van der Waals surface area contributed by atoms with Crippen LogP contribution >= 0.6 is 0 Å². The van der Waals surface area contributed by atoms with Gasteiger partial charge in [0.2, 0.25) is 0 Å². The van der Waals surface area contributed by atoms with E-state index in [1.54, 1.807) is 19.2 Å². The van der Waals surface area contributed by atoms with Gasteiger partial charge in [-0.25, -0.2) is 0 Å². The largest absolute Gasteiger partial charge is 0.508 e. The standard InChI is InChI=1S/C19H19N3O3/c1-25-18-7-5-14(6-8-18)9-10-21-19(24)15(12-20)13-22-16-3-2-4-17(23)11-16/h2-8,11,13,22-23H,9-10H2,1H3,(H,21,24)/b15-13-. The third-order valence-electron chi connectivity index (χ3n) is 3.45. The average Bonchev–Trinajstić information content (AvgIpc) is 2.63. The molecule has 0 heterocycles. The summed E-state index contributed by atoms with van der Waals surface area (Å²) in [5.41, 5.74) is 1.60. The van der Waals surface area contributed by atoms with E-state index in [0.29, 0.717) is 18.7 Å². The molecule has 2 aromatic carbocycles. The Balaban J connectivity index is 1.86. The van der Waals surface area contributed by atoms with E-state index in [9.17, 15) is 9.90 Å². The van der Waals surface area contributed by atoms with Crippen molar-refractivity contribution >= 4 is 11.6 Å². The van der Waals surface area contributed by atoms with E-state index in [-0.39, 0.29) is 11.3 Å². The van der Waals surface area contributed by atoms with Crippen LogP contribution in [-0.2, 0) is 11.2 Å². The van der Waals surface area contributed by atoms with Gasteiger partial charge >= 0.3 is 0 Å². The summed E-state index contributed by atoms with van der Waals surface area (Å²) < 4.78 is 5.09. The number of rotatable bonds is 7. The van der Waals surface area contributed by atoms with Gasteiger partial charge in [-0.2, -0.15) is 5.26 Å². The number of nitrogens with one attached hydrogen (secondary N) is 2. The Morgan fingerprint density at radius 3 is 2.68 bits per heavy atom. The van der Waals surface area contributed by atoms with E-state index in [2.05, 4.69) is 10.6 Å². The second-order valence-corrected chi connectivity index (χ2v) is 5.22. The fraction of sp³-hybridized carbons (Fsp3) is 0.158. The van der Waals surface area contributed by atoms with Gasteiger partial charge in [-0.15, -0.1) is 0 Å². The minimum atomic E-state index is -0.455. The Bertz CT molecular complexity index is 792. The molecule has 2 aromatic rings. The Morgan fingerprint density at radius 1 is 1.28 bits per heavy atom. The molecule has 1 amide bonds. The van der Waals surface area contributed by atoms with Gasteiger partial charge in [0.05, 0.1) is 7.11 Å². The first kappa shape index (κ1) is 17.9. The molecule has 0 atom stereocenters. The van der Waals surface area contributed by atoms with Crippen molar-refractivity contribution in [2.24, 2.45) is 0 Å². The summed E-state index contributed by atoms with van der Waals surface area (Å²) in [4.78, 5) is 12.0. The Morgan fingerprint density at radius 2 is 2.04 bits per heavy atom. The second-order valence-electron chi connectivity index (χ2n) is 5.22. The summed E-state index contributed by atoms with van der Waals surface area (Å²) in [6.45, 7) is 0.413. The lowest BCUT2D eigenvalue weighted by atomic mass is 10.1. The van der Waals surface area contributed by atoms with Crippen LogP contribution in [0.1, 0.15) is 5.56 Å². The number of anilines is 1. The van der Waals surface area contributed by atoms with Crippen molar-refractivity contribution in [2.75, 3.05) is 19.0 Å². The summed E-state index contributed by atoms with van der Waals surface area (Å²) in [6, 6.07) is 15.8. The van der Waals surface area contributed by atoms with E-state index in [1.165, 1.54) is 18.3 Å². The molecule has 0 aromatic heterocycles. The predicted molar refractivity (Wildman–Crippen MR) is 95.1 cm³/mol. The molecule has 2 rings (SSSR count). The highest BCUT2D eigenvalue weighted by Crippen LogP contribution is 2.15. The normalized spacial score (nSPS) is 10.6. The lowest BCUT2D eigenvalue weighted by Crippen LogP contribution is -2.27. The van der Waals surface area contributed by atoms with Gasteiger partial charge in [0.1, 0.15) is 23.1 Å². The Labute approximate surface area is 146 Å². The molecule has 0 bridgehead atoms. The van der Waals surface area contributed by atoms with Gasteiger partial charge in [0, 0.05) is 24.5 Å². The zero-order chi connectivity index (χ0) is 18.1. The number of hydrogen-bond acceptors (Lipinski definition) is 5. The van der Waals surface area contributed by atoms with E-state index < -0.39 is 5.91 Å². The van der Waals surface area contributed by atoms with E-state index in [4.69, 9.17) is 10.00 Å². The minimum absolute atomic E-state index is 0.0435. The SMILES string of the molecule is COc1ccc(CCNC(=O)/C(C#N)=C\Nc2cccc(O)c2)cc1. The topological polar surface area (TPSA) is 94.4 Å². The van der Waals surface area contributed by atoms with E-state index in [1.807, 2.05) is 30.3 Å². The summed E-state index contributed by atoms with van der Waals surface area (Å²) >= 11 is 0. The van der Waals surface area contributed by atoms with Crippen molar-refractivity contribution < 1.29 is 14.6 Å². The quantitative estimate of drug-likeness (QED) is 0.533. The van der Waals surface area contributed by atoms with Crippen molar-refractivity contribution in [3.8, 4) is 17.6 Å². The molecule has 0 saturated carbocycles. The highest BCUT2D eigenvalue weighted by atomic mass is 16.5. The third kappa shape index (κ3) is 5.59. The molecule has 128 valence electrons. The maximum Gasteiger partial charge on any atom is 0.263 e. The summed E-state index contributed by atoms with van der Waals surface area (Å²) in [6.07, 6.45) is 1.96. The lowest BCUT2D eigenvalue weighted by Gasteiger charge is -2.06. The third-order valence-corrected chi connectivity index (χ3v) is 3.45. The number of benzene rings is 2. The van der Waals surface area contributed by atoms with Crippen LogP contribution in [0.2, 0.25) is 0 Å². The summed E-state index contributed by atoms with van der Waals surface area (Å²) in [5.74, 6) is 0.421. The number of carbonyl (C=O) groups is 1. The van der Waals surface area contributed by atoms with E-state index in [0.717, 1.165) is 11.3 Å². The Kier molecular flexibility index (Phi) is 6.43. The van der Waals surface area contributed by atoms with Gasteiger partial charge in [-0.05, 0) is 36.2 Å². The van der Waals surface area contributed by atoms with Gasteiger partial charge in [-0.3, -0.25) is 4.79 Å². The first-order valence-electron chi connectivity index (χ1n) is 7.69. The number of methoxy groups -OCH3 is 1. The molecular weight excluding hydrogens is 318 g/mol. The number of amides is 1. The highest BCUT2D eigenvalue weighted by Gasteiger charge is 2.08. The van der Waals surface area contributed by atoms with Crippen LogP contribution in [0.15, 0.2) is 60.3 Å². The molecule has 0 aliphatic rings. The molecule has 0 aliphatic carbocycles. The number of carbonyl (C=O) groups excluding carboxylic acids is 1. The summed E-state index contributed by atoms with van der Waals surface area (Å²) in [5, 5.41) is 24.0. The first-order valence-corrected chi connectivity index (χ1v) is 7.69. The van der Waals surface area contributed by atoms with Crippen LogP contribution in [0.5, 0.6) is 11.5 Å². The van der Waals surface area contributed by atoms with Crippen LogP contribution in [0.25, 0.3) is 0 Å². The van der Waals surface area contributed by atoms with E-state index >= 15 is 0 Å². The summed E-state index contributed by atoms with van der Waals surface area (Å²) in [7, 11) is 1.61. The van der Waals surface area contributed by atoms with Crippen molar-refractivity contribution in [1.29, 1.82) is 5.26 Å². The number of nitriles is 1. The van der Waals surface area contributed by atoms with Gasteiger partial charge < -0.3 is 20.5 Å². The molecule has 25 heavy (non-hydrogen) atoms. The van der Waals surface area contributed by atoms with Crippen LogP contribution in [0, 0.1) is 11.3 Å². The van der Waals surface area contributed by atoms with Crippen LogP contribution < -0.4 is 15.4 Å². The van der Waals surface area contributed by atoms with Crippen molar-refractivity contribution in [3.05, 3.63) is 65.9 Å². The van der Waals surface area contributed by atoms with Crippen molar-refractivity contribution in [3.63, 3.8) is 0 Å². The monoisotopic (exact) mass is 337 g/mol. The molecule has 0 spiro atoms. The smallest absolute Gasteiger partial charge is 0.263 e. The van der Waals surface area contributed by atoms with Crippen molar-refractivity contribution in [1.82, 2.24) is 5.32 Å². The molecule has 6 heteroatoms. The number of nitrogens with zero attached hydrogens (tertiary/aromatic N) is 1. The maximum absolute atomic E-state index is 12.0. The fourth-order valence-corrected chi connectivity index (χ4v) is 2.11. The molecule has 0 saturated heterocycles. The number of phenolic OH excluding ortho intramolecular Hbond substituents is 1. The molecule has 0 aliphatic heterocycles. The predicted octanol–water partition coefficient (Wildman–Crippen LogP) is 2.58. The highest BCUT2D eigenvalue weighted by molar-refractivity contribution is 5.97. The van der Waals surface area contributed by atoms with Crippen molar-refractivity contribution in [2.45, 2.75) is 6.42 Å². The second kappa shape index (κ2) is 8.99. The number of ether oxygens (including phenoxy) is 1. The first-order chi connectivity index (χ1) is 12.1.